The van der Waals surface area contributed by atoms with Gasteiger partial charge in [-0.05, 0) is 44.4 Å². The van der Waals surface area contributed by atoms with Crippen molar-refractivity contribution in [2.24, 2.45) is 0 Å². The molecule has 0 amide bonds. The number of Topliss-reactive ketones (excluding diaryl/α,β-unsaturated/α-hetero) is 1. The van der Waals surface area contributed by atoms with Crippen LogP contribution < -0.4 is 4.74 Å². The van der Waals surface area contributed by atoms with Crippen molar-refractivity contribution in [2.45, 2.75) is 44.8 Å². The number of nitrogens with zero attached hydrogens (tertiary/aromatic N) is 2. The zero-order valence-corrected chi connectivity index (χ0v) is 18.5. The van der Waals surface area contributed by atoms with Crippen molar-refractivity contribution in [3.63, 3.8) is 0 Å². The van der Waals surface area contributed by atoms with Crippen LogP contribution in [0.1, 0.15) is 42.1 Å². The summed E-state index contributed by atoms with van der Waals surface area (Å²) in [6.45, 7) is 5.25. The molecule has 0 aliphatic carbocycles. The molecular formula is C26H32N2O3. The van der Waals surface area contributed by atoms with Gasteiger partial charge in [0.2, 0.25) is 0 Å². The summed E-state index contributed by atoms with van der Waals surface area (Å²) in [5, 5.41) is 12.0. The molecule has 0 spiro atoms. The Bertz CT molecular complexity index is 1030. The number of para-hydroxylation sites is 1. The molecule has 4 rings (SSSR count). The van der Waals surface area contributed by atoms with Crippen molar-refractivity contribution in [3.8, 4) is 5.75 Å². The number of hydrogen-bond donors (Lipinski definition) is 1. The third-order valence-corrected chi connectivity index (χ3v) is 6.50. The second-order valence-electron chi connectivity index (χ2n) is 8.73. The van der Waals surface area contributed by atoms with Crippen LogP contribution in [-0.4, -0.2) is 52.7 Å². The van der Waals surface area contributed by atoms with Gasteiger partial charge in [0.25, 0.3) is 0 Å². The Morgan fingerprint density at radius 3 is 2.48 bits per heavy atom. The van der Waals surface area contributed by atoms with Crippen LogP contribution in [0.4, 0.5) is 0 Å². The number of aliphatic hydroxyl groups is 1. The SMILES string of the molecule is COc1cccc2c(C(C)=O)cn(CCCN3CCC(O)(Cc4ccccc4)CC3)c12. The zero-order valence-electron chi connectivity index (χ0n) is 18.5. The van der Waals surface area contributed by atoms with Gasteiger partial charge in [-0.1, -0.05) is 42.5 Å². The Balaban J connectivity index is 1.35. The van der Waals surface area contributed by atoms with Gasteiger partial charge in [0.15, 0.2) is 5.78 Å². The number of aryl methyl sites for hydroxylation is 1. The van der Waals surface area contributed by atoms with E-state index in [1.165, 1.54) is 5.56 Å². The fraction of sp³-hybridized carbons (Fsp3) is 0.423. The summed E-state index contributed by atoms with van der Waals surface area (Å²) in [6, 6.07) is 16.1. The summed E-state index contributed by atoms with van der Waals surface area (Å²) in [4.78, 5) is 14.5. The van der Waals surface area contributed by atoms with Gasteiger partial charge in [0.1, 0.15) is 5.75 Å². The molecule has 31 heavy (non-hydrogen) atoms. The summed E-state index contributed by atoms with van der Waals surface area (Å²) < 4.78 is 7.71. The van der Waals surface area contributed by atoms with Crippen molar-refractivity contribution in [1.82, 2.24) is 9.47 Å². The molecule has 0 atom stereocenters. The van der Waals surface area contributed by atoms with E-state index in [-0.39, 0.29) is 5.78 Å². The minimum atomic E-state index is -0.599. The fourth-order valence-corrected chi connectivity index (χ4v) is 4.76. The maximum Gasteiger partial charge on any atom is 0.161 e. The molecule has 1 aliphatic heterocycles. The Labute approximate surface area is 184 Å². The molecule has 0 saturated carbocycles. The maximum atomic E-state index is 12.1. The summed E-state index contributed by atoms with van der Waals surface area (Å²) in [6.07, 6.45) is 5.28. The van der Waals surface area contributed by atoms with Crippen molar-refractivity contribution in [2.75, 3.05) is 26.7 Å². The number of carbonyl (C=O) groups excluding carboxylic acids is 1. The second kappa shape index (κ2) is 9.25. The second-order valence-corrected chi connectivity index (χ2v) is 8.73. The molecule has 2 heterocycles. The smallest absolute Gasteiger partial charge is 0.161 e. The third kappa shape index (κ3) is 4.83. The van der Waals surface area contributed by atoms with E-state index in [9.17, 15) is 9.90 Å². The highest BCUT2D eigenvalue weighted by Gasteiger charge is 2.32. The number of fused-ring (bicyclic) bond motifs is 1. The van der Waals surface area contributed by atoms with E-state index in [4.69, 9.17) is 4.74 Å². The van der Waals surface area contributed by atoms with Gasteiger partial charge in [0.05, 0.1) is 18.2 Å². The van der Waals surface area contributed by atoms with Crippen molar-refractivity contribution in [1.29, 1.82) is 0 Å². The molecule has 1 aromatic heterocycles. The number of methoxy groups -OCH3 is 1. The molecule has 3 aromatic rings. The number of piperidine rings is 1. The van der Waals surface area contributed by atoms with Crippen LogP contribution in [0, 0.1) is 0 Å². The molecule has 5 nitrogen and oxygen atoms in total. The minimum Gasteiger partial charge on any atom is -0.495 e. The number of benzene rings is 2. The lowest BCUT2D eigenvalue weighted by atomic mass is 9.85. The molecule has 1 aliphatic rings. The number of ketones is 1. The van der Waals surface area contributed by atoms with Crippen LogP contribution in [0.3, 0.4) is 0 Å². The van der Waals surface area contributed by atoms with Gasteiger partial charge in [0, 0.05) is 43.2 Å². The predicted octanol–water partition coefficient (Wildman–Crippen LogP) is 4.31. The Morgan fingerprint density at radius 1 is 1.06 bits per heavy atom. The molecule has 164 valence electrons. The Morgan fingerprint density at radius 2 is 1.81 bits per heavy atom. The molecule has 2 aromatic carbocycles. The highest BCUT2D eigenvalue weighted by molar-refractivity contribution is 6.08. The maximum absolute atomic E-state index is 12.1. The molecular weight excluding hydrogens is 388 g/mol. The largest absolute Gasteiger partial charge is 0.495 e. The molecule has 1 N–H and O–H groups in total. The molecule has 0 bridgehead atoms. The van der Waals surface area contributed by atoms with E-state index in [2.05, 4.69) is 21.6 Å². The van der Waals surface area contributed by atoms with Gasteiger partial charge in [-0.3, -0.25) is 4.79 Å². The van der Waals surface area contributed by atoms with Gasteiger partial charge in [-0.25, -0.2) is 0 Å². The fourth-order valence-electron chi connectivity index (χ4n) is 4.76. The van der Waals surface area contributed by atoms with Gasteiger partial charge in [-0.15, -0.1) is 0 Å². The highest BCUT2D eigenvalue weighted by Crippen LogP contribution is 2.31. The molecule has 1 saturated heterocycles. The van der Waals surface area contributed by atoms with E-state index in [0.717, 1.165) is 74.1 Å². The number of likely N-dealkylation sites (tertiary alicyclic amines) is 1. The summed E-state index contributed by atoms with van der Waals surface area (Å²) >= 11 is 0. The molecule has 0 radical (unpaired) electrons. The molecule has 5 heteroatoms. The molecule has 1 fully saturated rings. The average molecular weight is 421 g/mol. The van der Waals surface area contributed by atoms with Crippen molar-refractivity contribution in [3.05, 3.63) is 65.9 Å². The first-order valence-corrected chi connectivity index (χ1v) is 11.1. The first-order chi connectivity index (χ1) is 15.0. The number of carbonyl (C=O) groups is 1. The van der Waals surface area contributed by atoms with Crippen LogP contribution in [0.5, 0.6) is 5.75 Å². The van der Waals surface area contributed by atoms with E-state index in [1.54, 1.807) is 14.0 Å². The van der Waals surface area contributed by atoms with Gasteiger partial charge >= 0.3 is 0 Å². The highest BCUT2D eigenvalue weighted by atomic mass is 16.5. The Hall–Kier alpha value is -2.63. The van der Waals surface area contributed by atoms with Crippen LogP contribution in [0.15, 0.2) is 54.7 Å². The van der Waals surface area contributed by atoms with Crippen LogP contribution in [0.25, 0.3) is 10.9 Å². The predicted molar refractivity (Wildman–Crippen MR) is 124 cm³/mol. The van der Waals surface area contributed by atoms with Crippen LogP contribution in [-0.2, 0) is 13.0 Å². The standard InChI is InChI=1S/C26H32N2O3/c1-20(29)23-19-28(25-22(23)10-6-11-24(25)31-2)15-7-14-27-16-12-26(30,13-17-27)18-21-8-4-3-5-9-21/h3-6,8-11,19,30H,7,12-18H2,1-2H3. The van der Waals surface area contributed by atoms with E-state index in [0.29, 0.717) is 0 Å². The van der Waals surface area contributed by atoms with E-state index >= 15 is 0 Å². The Kier molecular flexibility index (Phi) is 6.44. The van der Waals surface area contributed by atoms with E-state index in [1.807, 2.05) is 42.6 Å². The quantitative estimate of drug-likeness (QED) is 0.552. The van der Waals surface area contributed by atoms with Crippen molar-refractivity contribution < 1.29 is 14.6 Å². The summed E-state index contributed by atoms with van der Waals surface area (Å²) in [7, 11) is 1.67. The monoisotopic (exact) mass is 420 g/mol. The number of ether oxygens (including phenoxy) is 1. The third-order valence-electron chi connectivity index (χ3n) is 6.50. The zero-order chi connectivity index (χ0) is 21.8. The first-order valence-electron chi connectivity index (χ1n) is 11.1. The normalized spacial score (nSPS) is 16.5. The lowest BCUT2D eigenvalue weighted by molar-refractivity contribution is -0.0209. The van der Waals surface area contributed by atoms with Gasteiger partial charge < -0.3 is 19.3 Å². The van der Waals surface area contributed by atoms with E-state index < -0.39 is 5.60 Å². The molecule has 0 unspecified atom stereocenters. The van der Waals surface area contributed by atoms with Crippen LogP contribution in [0.2, 0.25) is 0 Å². The summed E-state index contributed by atoms with van der Waals surface area (Å²) in [5.41, 5.74) is 2.34. The lowest BCUT2D eigenvalue weighted by Gasteiger charge is -2.38. The summed E-state index contributed by atoms with van der Waals surface area (Å²) in [5.74, 6) is 0.875. The minimum absolute atomic E-state index is 0.0748. The van der Waals surface area contributed by atoms with Gasteiger partial charge in [-0.2, -0.15) is 0 Å². The first kappa shape index (κ1) is 21.6. The van der Waals surface area contributed by atoms with Crippen molar-refractivity contribution >= 4 is 16.7 Å². The van der Waals surface area contributed by atoms with Crippen LogP contribution >= 0.6 is 0 Å². The number of aromatic nitrogens is 1. The lowest BCUT2D eigenvalue weighted by Crippen LogP contribution is -2.46. The number of rotatable bonds is 8. The topological polar surface area (TPSA) is 54.7 Å². The number of hydrogen-bond acceptors (Lipinski definition) is 4. The average Bonchev–Trinajstić information content (AvgIpc) is 3.15.